The van der Waals surface area contributed by atoms with E-state index in [1.807, 2.05) is 19.9 Å². The molecule has 3 N–H and O–H groups in total. The highest BCUT2D eigenvalue weighted by Crippen LogP contribution is 2.13. The molecule has 0 aliphatic carbocycles. The third-order valence-corrected chi connectivity index (χ3v) is 2.13. The number of hydrazine groups is 1. The summed E-state index contributed by atoms with van der Waals surface area (Å²) in [6, 6.07) is 3.50. The van der Waals surface area contributed by atoms with Crippen LogP contribution in [0.3, 0.4) is 0 Å². The molecule has 1 atom stereocenters. The second kappa shape index (κ2) is 6.02. The van der Waals surface area contributed by atoms with Gasteiger partial charge in [-0.3, -0.25) is 10.8 Å². The first-order valence-corrected chi connectivity index (χ1v) is 5.20. The molecule has 1 heterocycles. The molecule has 0 aliphatic rings. The second-order valence-corrected chi connectivity index (χ2v) is 3.94. The summed E-state index contributed by atoms with van der Waals surface area (Å²) < 4.78 is 5.46. The lowest BCUT2D eigenvalue weighted by Crippen LogP contribution is -2.32. The van der Waals surface area contributed by atoms with Gasteiger partial charge in [-0.05, 0) is 26.0 Å². The van der Waals surface area contributed by atoms with Crippen molar-refractivity contribution in [2.75, 3.05) is 6.61 Å². The lowest BCUT2D eigenvalue weighted by atomic mass is 10.2. The fourth-order valence-corrected chi connectivity index (χ4v) is 1.21. The summed E-state index contributed by atoms with van der Waals surface area (Å²) in [4.78, 5) is 4.17. The molecule has 1 aromatic rings. The number of halogens is 1. The quantitative estimate of drug-likeness (QED) is 0.596. The average molecular weight is 230 g/mol. The molecule has 0 bridgehead atoms. The van der Waals surface area contributed by atoms with Gasteiger partial charge in [-0.2, -0.15) is 0 Å². The van der Waals surface area contributed by atoms with Crippen LogP contribution in [0.2, 0.25) is 5.02 Å². The number of ether oxygens (including phenoxy) is 1. The number of hydrogen-bond acceptors (Lipinski definition) is 4. The largest absolute Gasteiger partial charge is 0.377 e. The molecule has 0 fully saturated rings. The summed E-state index contributed by atoms with van der Waals surface area (Å²) in [5.41, 5.74) is 3.48. The van der Waals surface area contributed by atoms with Crippen molar-refractivity contribution < 1.29 is 4.74 Å². The highest BCUT2D eigenvalue weighted by molar-refractivity contribution is 6.30. The van der Waals surface area contributed by atoms with Crippen molar-refractivity contribution in [3.05, 3.63) is 29.0 Å². The summed E-state index contributed by atoms with van der Waals surface area (Å²) in [7, 11) is 0. The van der Waals surface area contributed by atoms with E-state index in [0.29, 0.717) is 11.6 Å². The fraction of sp³-hybridized carbons (Fsp3) is 0.500. The topological polar surface area (TPSA) is 60.2 Å². The second-order valence-electron chi connectivity index (χ2n) is 3.50. The third kappa shape index (κ3) is 4.13. The highest BCUT2D eigenvalue weighted by Gasteiger charge is 2.11. The Bertz CT molecular complexity index is 289. The molecule has 1 aromatic heterocycles. The van der Waals surface area contributed by atoms with Crippen LogP contribution in [-0.2, 0) is 4.74 Å². The SMILES string of the molecule is CC(C)OCC(NN)c1ccc(Cl)cn1. The van der Waals surface area contributed by atoms with Crippen molar-refractivity contribution in [3.8, 4) is 0 Å². The number of rotatable bonds is 5. The fourth-order valence-electron chi connectivity index (χ4n) is 1.10. The average Bonchev–Trinajstić information content (AvgIpc) is 2.21. The first-order chi connectivity index (χ1) is 7.13. The van der Waals surface area contributed by atoms with Crippen molar-refractivity contribution in [2.45, 2.75) is 26.0 Å². The normalized spacial score (nSPS) is 13.1. The Kier molecular flexibility index (Phi) is 4.98. The minimum Gasteiger partial charge on any atom is -0.377 e. The van der Waals surface area contributed by atoms with Crippen LogP contribution in [0.25, 0.3) is 0 Å². The van der Waals surface area contributed by atoms with Gasteiger partial charge in [0.15, 0.2) is 0 Å². The zero-order valence-corrected chi connectivity index (χ0v) is 9.66. The summed E-state index contributed by atoms with van der Waals surface area (Å²) in [6.45, 7) is 4.44. The Hall–Kier alpha value is -0.680. The van der Waals surface area contributed by atoms with Gasteiger partial charge in [0.1, 0.15) is 0 Å². The lowest BCUT2D eigenvalue weighted by molar-refractivity contribution is 0.0603. The van der Waals surface area contributed by atoms with E-state index in [2.05, 4.69) is 10.4 Å². The van der Waals surface area contributed by atoms with Crippen LogP contribution < -0.4 is 11.3 Å². The molecule has 0 saturated heterocycles. The number of pyridine rings is 1. The molecule has 0 radical (unpaired) electrons. The van der Waals surface area contributed by atoms with Crippen LogP contribution in [-0.4, -0.2) is 17.7 Å². The minimum absolute atomic E-state index is 0.107. The molecule has 0 saturated carbocycles. The minimum atomic E-state index is -0.107. The smallest absolute Gasteiger partial charge is 0.0865 e. The van der Waals surface area contributed by atoms with E-state index in [-0.39, 0.29) is 12.1 Å². The maximum Gasteiger partial charge on any atom is 0.0865 e. The monoisotopic (exact) mass is 229 g/mol. The van der Waals surface area contributed by atoms with Gasteiger partial charge < -0.3 is 4.74 Å². The van der Waals surface area contributed by atoms with E-state index in [1.54, 1.807) is 12.3 Å². The van der Waals surface area contributed by atoms with Crippen LogP contribution in [0, 0.1) is 0 Å². The molecule has 5 heteroatoms. The molecule has 1 unspecified atom stereocenters. The Balaban J connectivity index is 2.61. The van der Waals surface area contributed by atoms with Gasteiger partial charge in [0.05, 0.1) is 29.5 Å². The maximum absolute atomic E-state index is 5.74. The van der Waals surface area contributed by atoms with Gasteiger partial charge in [0, 0.05) is 6.20 Å². The molecular formula is C10H16ClN3O. The summed E-state index contributed by atoms with van der Waals surface area (Å²) in [5.74, 6) is 5.43. The lowest BCUT2D eigenvalue weighted by Gasteiger charge is -2.17. The van der Waals surface area contributed by atoms with E-state index in [1.165, 1.54) is 0 Å². The van der Waals surface area contributed by atoms with Gasteiger partial charge in [-0.15, -0.1) is 0 Å². The molecular weight excluding hydrogens is 214 g/mol. The third-order valence-electron chi connectivity index (χ3n) is 1.90. The van der Waals surface area contributed by atoms with Crippen molar-refractivity contribution in [3.63, 3.8) is 0 Å². The van der Waals surface area contributed by atoms with Gasteiger partial charge >= 0.3 is 0 Å². The Labute approximate surface area is 94.8 Å². The zero-order valence-electron chi connectivity index (χ0n) is 8.90. The van der Waals surface area contributed by atoms with Crippen LogP contribution in [0.4, 0.5) is 0 Å². The molecule has 0 spiro atoms. The number of nitrogens with zero attached hydrogens (tertiary/aromatic N) is 1. The molecule has 0 amide bonds. The number of nitrogens with two attached hydrogens (primary N) is 1. The number of nitrogens with one attached hydrogen (secondary N) is 1. The highest BCUT2D eigenvalue weighted by atomic mass is 35.5. The van der Waals surface area contributed by atoms with Crippen molar-refractivity contribution in [2.24, 2.45) is 5.84 Å². The van der Waals surface area contributed by atoms with Crippen LogP contribution in [0.1, 0.15) is 25.6 Å². The molecule has 0 aliphatic heterocycles. The van der Waals surface area contributed by atoms with Crippen molar-refractivity contribution in [1.82, 2.24) is 10.4 Å². The Morgan fingerprint density at radius 3 is 2.73 bits per heavy atom. The molecule has 15 heavy (non-hydrogen) atoms. The standard InChI is InChI=1S/C10H16ClN3O/c1-7(2)15-6-10(14-12)9-4-3-8(11)5-13-9/h3-5,7,10,14H,6,12H2,1-2H3. The Morgan fingerprint density at radius 1 is 1.53 bits per heavy atom. The first kappa shape index (κ1) is 12.4. The molecule has 0 aromatic carbocycles. The van der Waals surface area contributed by atoms with E-state index in [4.69, 9.17) is 22.2 Å². The van der Waals surface area contributed by atoms with Crippen LogP contribution in [0.15, 0.2) is 18.3 Å². The summed E-state index contributed by atoms with van der Waals surface area (Å²) >= 11 is 5.74. The number of hydrogen-bond donors (Lipinski definition) is 2. The predicted molar refractivity (Wildman–Crippen MR) is 60.4 cm³/mol. The van der Waals surface area contributed by atoms with Crippen LogP contribution >= 0.6 is 11.6 Å². The van der Waals surface area contributed by atoms with Gasteiger partial charge in [0.2, 0.25) is 0 Å². The van der Waals surface area contributed by atoms with Gasteiger partial charge in [0.25, 0.3) is 0 Å². The van der Waals surface area contributed by atoms with Gasteiger partial charge in [-0.1, -0.05) is 11.6 Å². The predicted octanol–water partition coefficient (Wildman–Crippen LogP) is 1.66. The summed E-state index contributed by atoms with van der Waals surface area (Å²) in [5, 5.41) is 0.610. The molecule has 1 rings (SSSR count). The van der Waals surface area contributed by atoms with Crippen molar-refractivity contribution in [1.29, 1.82) is 0 Å². The van der Waals surface area contributed by atoms with Crippen molar-refractivity contribution >= 4 is 11.6 Å². The van der Waals surface area contributed by atoms with Gasteiger partial charge in [-0.25, -0.2) is 5.43 Å². The number of aromatic nitrogens is 1. The molecule has 84 valence electrons. The first-order valence-electron chi connectivity index (χ1n) is 4.82. The maximum atomic E-state index is 5.74. The van der Waals surface area contributed by atoms with Crippen LogP contribution in [0.5, 0.6) is 0 Å². The van der Waals surface area contributed by atoms with E-state index >= 15 is 0 Å². The zero-order chi connectivity index (χ0) is 11.3. The summed E-state index contributed by atoms with van der Waals surface area (Å²) in [6.07, 6.45) is 1.77. The van der Waals surface area contributed by atoms with E-state index in [9.17, 15) is 0 Å². The van der Waals surface area contributed by atoms with E-state index < -0.39 is 0 Å². The van der Waals surface area contributed by atoms with E-state index in [0.717, 1.165) is 5.69 Å². The molecule has 4 nitrogen and oxygen atoms in total. The Morgan fingerprint density at radius 2 is 2.27 bits per heavy atom.